The SMILES string of the molecule is O=c1ccc(-c2ccncc2)nn1C1CCC(NCC2(O)CCOCC2)CC1. The summed E-state index contributed by atoms with van der Waals surface area (Å²) in [5, 5.41) is 18.8. The standard InChI is InChI=1S/C21H28N4O3/c26-20-6-5-19(16-7-11-22-12-8-16)24-25(20)18-3-1-17(2-4-18)23-15-21(27)9-13-28-14-10-21/h5-8,11-12,17-18,23,27H,1-4,9-10,13-15H2. The van der Waals surface area contributed by atoms with E-state index in [4.69, 9.17) is 4.74 Å². The number of aromatic nitrogens is 3. The van der Waals surface area contributed by atoms with Crippen molar-refractivity contribution in [2.24, 2.45) is 0 Å². The van der Waals surface area contributed by atoms with Gasteiger partial charge in [0.1, 0.15) is 0 Å². The van der Waals surface area contributed by atoms with E-state index in [0.29, 0.717) is 38.6 Å². The van der Waals surface area contributed by atoms with Crippen LogP contribution in [0.2, 0.25) is 0 Å². The molecular formula is C21H28N4O3. The van der Waals surface area contributed by atoms with Crippen LogP contribution < -0.4 is 10.9 Å². The van der Waals surface area contributed by atoms with Gasteiger partial charge >= 0.3 is 0 Å². The molecule has 0 spiro atoms. The van der Waals surface area contributed by atoms with Crippen molar-refractivity contribution in [3.63, 3.8) is 0 Å². The Kier molecular flexibility index (Phi) is 5.85. The first kappa shape index (κ1) is 19.2. The number of nitrogens with one attached hydrogen (secondary N) is 1. The molecule has 0 radical (unpaired) electrons. The second-order valence-electron chi connectivity index (χ2n) is 7.96. The van der Waals surface area contributed by atoms with Crippen LogP contribution in [0.3, 0.4) is 0 Å². The van der Waals surface area contributed by atoms with Crippen molar-refractivity contribution in [2.45, 2.75) is 56.2 Å². The highest BCUT2D eigenvalue weighted by Gasteiger charge is 2.31. The molecule has 2 fully saturated rings. The zero-order chi connectivity index (χ0) is 19.4. The van der Waals surface area contributed by atoms with Crippen molar-refractivity contribution in [3.8, 4) is 11.3 Å². The Morgan fingerprint density at radius 1 is 1.11 bits per heavy atom. The summed E-state index contributed by atoms with van der Waals surface area (Å²) in [7, 11) is 0. The van der Waals surface area contributed by atoms with Gasteiger partial charge in [-0.15, -0.1) is 0 Å². The Bertz CT molecular complexity index is 825. The van der Waals surface area contributed by atoms with Crippen LogP contribution >= 0.6 is 0 Å². The maximum atomic E-state index is 12.4. The molecular weight excluding hydrogens is 356 g/mol. The molecule has 0 aromatic carbocycles. The van der Waals surface area contributed by atoms with E-state index in [-0.39, 0.29) is 11.6 Å². The molecule has 2 aromatic heterocycles. The fourth-order valence-electron chi connectivity index (χ4n) is 4.15. The van der Waals surface area contributed by atoms with Crippen molar-refractivity contribution in [1.82, 2.24) is 20.1 Å². The molecule has 150 valence electrons. The molecule has 0 atom stereocenters. The lowest BCUT2D eigenvalue weighted by Crippen LogP contribution is -2.48. The molecule has 2 aromatic rings. The Hall–Kier alpha value is -2.09. The zero-order valence-electron chi connectivity index (χ0n) is 16.1. The van der Waals surface area contributed by atoms with Crippen LogP contribution in [0.5, 0.6) is 0 Å². The molecule has 4 rings (SSSR count). The third kappa shape index (κ3) is 4.48. The van der Waals surface area contributed by atoms with Gasteiger partial charge in [-0.1, -0.05) is 0 Å². The largest absolute Gasteiger partial charge is 0.388 e. The number of hydrogen-bond acceptors (Lipinski definition) is 6. The number of nitrogens with zero attached hydrogens (tertiary/aromatic N) is 3. The fourth-order valence-corrected chi connectivity index (χ4v) is 4.15. The topological polar surface area (TPSA) is 89.3 Å². The Morgan fingerprint density at radius 3 is 2.54 bits per heavy atom. The quantitative estimate of drug-likeness (QED) is 0.819. The molecule has 3 heterocycles. The van der Waals surface area contributed by atoms with Crippen LogP contribution in [0.25, 0.3) is 11.3 Å². The fraction of sp³-hybridized carbons (Fsp3) is 0.571. The second kappa shape index (κ2) is 8.51. The lowest BCUT2D eigenvalue weighted by Gasteiger charge is -2.35. The molecule has 0 unspecified atom stereocenters. The van der Waals surface area contributed by atoms with E-state index < -0.39 is 5.60 Å². The highest BCUT2D eigenvalue weighted by atomic mass is 16.5. The summed E-state index contributed by atoms with van der Waals surface area (Å²) in [5.74, 6) is 0. The molecule has 7 nitrogen and oxygen atoms in total. The van der Waals surface area contributed by atoms with E-state index in [9.17, 15) is 9.90 Å². The normalized spacial score (nSPS) is 24.8. The van der Waals surface area contributed by atoms with Gasteiger partial charge in [0.05, 0.1) is 17.3 Å². The molecule has 1 saturated carbocycles. The monoisotopic (exact) mass is 384 g/mol. The van der Waals surface area contributed by atoms with E-state index in [1.165, 1.54) is 0 Å². The van der Waals surface area contributed by atoms with E-state index in [0.717, 1.165) is 36.9 Å². The minimum Gasteiger partial charge on any atom is -0.388 e. The first-order valence-corrected chi connectivity index (χ1v) is 10.2. The molecule has 1 saturated heterocycles. The average molecular weight is 384 g/mol. The number of rotatable bonds is 5. The maximum Gasteiger partial charge on any atom is 0.267 e. The van der Waals surface area contributed by atoms with Gasteiger partial charge in [-0.25, -0.2) is 4.68 Å². The minimum atomic E-state index is -0.646. The van der Waals surface area contributed by atoms with Crippen molar-refractivity contribution in [3.05, 3.63) is 47.0 Å². The molecule has 1 aliphatic heterocycles. The van der Waals surface area contributed by atoms with Crippen LogP contribution in [0.4, 0.5) is 0 Å². The van der Waals surface area contributed by atoms with Gasteiger partial charge in [0.2, 0.25) is 0 Å². The van der Waals surface area contributed by atoms with Crippen molar-refractivity contribution in [2.75, 3.05) is 19.8 Å². The lowest BCUT2D eigenvalue weighted by molar-refractivity contribution is -0.0633. The molecule has 28 heavy (non-hydrogen) atoms. The smallest absolute Gasteiger partial charge is 0.267 e. The van der Waals surface area contributed by atoms with Crippen LogP contribution in [-0.2, 0) is 4.74 Å². The Morgan fingerprint density at radius 2 is 1.82 bits per heavy atom. The van der Waals surface area contributed by atoms with Gasteiger partial charge in [0.25, 0.3) is 5.56 Å². The second-order valence-corrected chi connectivity index (χ2v) is 7.96. The van der Waals surface area contributed by atoms with Gasteiger partial charge in [0.15, 0.2) is 0 Å². The number of ether oxygens (including phenoxy) is 1. The van der Waals surface area contributed by atoms with Gasteiger partial charge in [-0.3, -0.25) is 9.78 Å². The van der Waals surface area contributed by atoms with Crippen LogP contribution in [0, 0.1) is 0 Å². The summed E-state index contributed by atoms with van der Waals surface area (Å²) in [6.07, 6.45) is 8.62. The molecule has 0 amide bonds. The number of hydrogen-bond donors (Lipinski definition) is 2. The maximum absolute atomic E-state index is 12.4. The van der Waals surface area contributed by atoms with Crippen LogP contribution in [0.1, 0.15) is 44.6 Å². The highest BCUT2D eigenvalue weighted by molar-refractivity contribution is 5.57. The van der Waals surface area contributed by atoms with E-state index >= 15 is 0 Å². The summed E-state index contributed by atoms with van der Waals surface area (Å²) < 4.78 is 6.99. The summed E-state index contributed by atoms with van der Waals surface area (Å²) >= 11 is 0. The van der Waals surface area contributed by atoms with Crippen molar-refractivity contribution >= 4 is 0 Å². The molecule has 0 bridgehead atoms. The van der Waals surface area contributed by atoms with Gasteiger partial charge in [-0.05, 0) is 43.9 Å². The predicted octanol–water partition coefficient (Wildman–Crippen LogP) is 1.92. The zero-order valence-corrected chi connectivity index (χ0v) is 16.1. The molecule has 7 heteroatoms. The summed E-state index contributed by atoms with van der Waals surface area (Å²) in [6.45, 7) is 1.88. The van der Waals surface area contributed by atoms with Gasteiger partial charge in [0, 0.05) is 62.7 Å². The molecule has 2 aliphatic rings. The number of aliphatic hydroxyl groups is 1. The third-order valence-corrected chi connectivity index (χ3v) is 5.99. The predicted molar refractivity (Wildman–Crippen MR) is 106 cm³/mol. The Balaban J connectivity index is 1.36. The number of pyridine rings is 1. The Labute approximate surface area is 164 Å². The van der Waals surface area contributed by atoms with Gasteiger partial charge < -0.3 is 15.2 Å². The van der Waals surface area contributed by atoms with E-state index in [1.807, 2.05) is 12.1 Å². The summed E-state index contributed by atoms with van der Waals surface area (Å²) in [4.78, 5) is 16.4. The summed E-state index contributed by atoms with van der Waals surface area (Å²) in [5.41, 5.74) is 1.06. The van der Waals surface area contributed by atoms with Crippen LogP contribution in [-0.4, -0.2) is 51.3 Å². The first-order valence-electron chi connectivity index (χ1n) is 10.2. The molecule has 1 aliphatic carbocycles. The third-order valence-electron chi connectivity index (χ3n) is 5.99. The average Bonchev–Trinajstić information content (AvgIpc) is 2.74. The van der Waals surface area contributed by atoms with E-state index in [2.05, 4.69) is 15.4 Å². The lowest BCUT2D eigenvalue weighted by atomic mass is 9.89. The molecule has 2 N–H and O–H groups in total. The van der Waals surface area contributed by atoms with Crippen LogP contribution in [0.15, 0.2) is 41.5 Å². The van der Waals surface area contributed by atoms with Crippen molar-refractivity contribution < 1.29 is 9.84 Å². The van der Waals surface area contributed by atoms with Crippen molar-refractivity contribution in [1.29, 1.82) is 0 Å². The van der Waals surface area contributed by atoms with E-state index in [1.54, 1.807) is 29.2 Å². The highest BCUT2D eigenvalue weighted by Crippen LogP contribution is 2.28. The minimum absolute atomic E-state index is 0.0502. The summed E-state index contributed by atoms with van der Waals surface area (Å²) in [6, 6.07) is 7.68. The van der Waals surface area contributed by atoms with Gasteiger partial charge in [-0.2, -0.15) is 5.10 Å². The first-order chi connectivity index (χ1) is 13.6.